The summed E-state index contributed by atoms with van der Waals surface area (Å²) in [6.07, 6.45) is 5.28. The third kappa shape index (κ3) is 1.17. The highest BCUT2D eigenvalue weighted by Crippen LogP contribution is 2.61. The Morgan fingerprint density at radius 1 is 1.46 bits per heavy atom. The molecule has 0 aliphatic heterocycles. The Morgan fingerprint density at radius 2 is 2.15 bits per heavy atom. The van der Waals surface area contributed by atoms with E-state index in [1.54, 1.807) is 6.08 Å². The van der Waals surface area contributed by atoms with E-state index in [1.165, 1.54) is 19.3 Å². The summed E-state index contributed by atoms with van der Waals surface area (Å²) in [6, 6.07) is 0. The highest BCUT2D eigenvalue weighted by Gasteiger charge is 2.55. The molecule has 3 rings (SSSR count). The van der Waals surface area contributed by atoms with Crippen LogP contribution >= 0.6 is 0 Å². The van der Waals surface area contributed by atoms with Gasteiger partial charge < -0.3 is 5.11 Å². The van der Waals surface area contributed by atoms with Crippen molar-refractivity contribution in [3.8, 4) is 0 Å². The Morgan fingerprint density at radius 3 is 2.62 bits per heavy atom. The van der Waals surface area contributed by atoms with Crippen molar-refractivity contribution in [3.63, 3.8) is 0 Å². The van der Waals surface area contributed by atoms with E-state index < -0.39 is 0 Å². The minimum atomic E-state index is -0.273. The van der Waals surface area contributed by atoms with Gasteiger partial charge in [-0.1, -0.05) is 19.9 Å². The Hall–Kier alpha value is -0.300. The van der Waals surface area contributed by atoms with E-state index in [0.29, 0.717) is 11.3 Å². The Bertz CT molecular complexity index is 217. The fraction of sp³-hybridized carbons (Fsp3) is 0.833. The Balaban J connectivity index is 2.11. The minimum Gasteiger partial charge on any atom is -0.389 e. The molecule has 1 nitrogen and oxygen atoms in total. The van der Waals surface area contributed by atoms with Crippen molar-refractivity contribution in [2.45, 2.75) is 39.2 Å². The van der Waals surface area contributed by atoms with Crippen LogP contribution in [-0.2, 0) is 0 Å². The van der Waals surface area contributed by atoms with Crippen molar-refractivity contribution >= 4 is 0 Å². The maximum Gasteiger partial charge on any atom is 0.0749 e. The molecule has 0 saturated heterocycles. The average molecular weight is 180 g/mol. The maximum absolute atomic E-state index is 9.79. The Labute approximate surface area is 80.8 Å². The molecule has 3 aliphatic rings. The second-order valence-corrected chi connectivity index (χ2v) is 5.33. The number of hydrogen-bond acceptors (Lipinski definition) is 1. The molecule has 0 aromatic heterocycles. The normalized spacial score (nSPS) is 43.5. The van der Waals surface area contributed by atoms with Crippen molar-refractivity contribution in [3.05, 3.63) is 12.7 Å². The molecule has 74 valence electrons. The number of aliphatic hydroxyl groups is 1. The van der Waals surface area contributed by atoms with E-state index in [1.807, 2.05) is 0 Å². The van der Waals surface area contributed by atoms with Crippen LogP contribution in [0.5, 0.6) is 0 Å². The lowest BCUT2D eigenvalue weighted by atomic mass is 9.45. The Kier molecular flexibility index (Phi) is 2.03. The summed E-state index contributed by atoms with van der Waals surface area (Å²) in [6.45, 7) is 8.40. The molecule has 0 radical (unpaired) electrons. The molecule has 3 saturated carbocycles. The second kappa shape index (κ2) is 2.84. The first-order valence-electron chi connectivity index (χ1n) is 5.38. The van der Waals surface area contributed by atoms with Gasteiger partial charge in [0, 0.05) is 0 Å². The quantitative estimate of drug-likeness (QED) is 0.648. The smallest absolute Gasteiger partial charge is 0.0749 e. The van der Waals surface area contributed by atoms with E-state index >= 15 is 0 Å². The molecule has 13 heavy (non-hydrogen) atoms. The molecule has 3 aliphatic carbocycles. The van der Waals surface area contributed by atoms with E-state index in [0.717, 1.165) is 11.8 Å². The molecule has 1 N–H and O–H groups in total. The number of aliphatic hydroxyl groups excluding tert-OH is 1. The zero-order chi connectivity index (χ0) is 9.64. The fourth-order valence-corrected chi connectivity index (χ4v) is 3.45. The zero-order valence-electron chi connectivity index (χ0n) is 8.66. The molecule has 0 heterocycles. The lowest BCUT2D eigenvalue weighted by molar-refractivity contribution is -0.128. The highest BCUT2D eigenvalue weighted by atomic mass is 16.3. The van der Waals surface area contributed by atoms with Gasteiger partial charge in [0.1, 0.15) is 0 Å². The topological polar surface area (TPSA) is 20.2 Å². The van der Waals surface area contributed by atoms with Gasteiger partial charge in [-0.05, 0) is 42.4 Å². The first-order chi connectivity index (χ1) is 6.07. The monoisotopic (exact) mass is 180 g/mol. The first-order valence-corrected chi connectivity index (χ1v) is 5.38. The summed E-state index contributed by atoms with van der Waals surface area (Å²) in [5, 5.41) is 9.79. The molecule has 4 atom stereocenters. The zero-order valence-corrected chi connectivity index (χ0v) is 8.66. The third-order valence-corrected chi connectivity index (χ3v) is 4.59. The van der Waals surface area contributed by atoms with Crippen LogP contribution < -0.4 is 0 Å². The number of fused-ring (bicyclic) bond motifs is 2. The van der Waals surface area contributed by atoms with Crippen molar-refractivity contribution in [2.75, 3.05) is 0 Å². The predicted molar refractivity (Wildman–Crippen MR) is 54.3 cm³/mol. The maximum atomic E-state index is 9.79. The standard InChI is InChI=1S/C12H20O/c1-4-11(13)9-6-5-8-7-10(9)12(8,2)3/h4,8-11,13H,1,5-7H2,2-3H3. The molecular formula is C12H20O. The van der Waals surface area contributed by atoms with Crippen molar-refractivity contribution in [1.29, 1.82) is 0 Å². The molecule has 1 heteroatoms. The first kappa shape index (κ1) is 9.26. The summed E-state index contributed by atoms with van der Waals surface area (Å²) in [5.74, 6) is 2.14. The summed E-state index contributed by atoms with van der Waals surface area (Å²) >= 11 is 0. The van der Waals surface area contributed by atoms with Crippen molar-refractivity contribution in [1.82, 2.24) is 0 Å². The number of hydrogen-bond donors (Lipinski definition) is 1. The summed E-state index contributed by atoms with van der Waals surface area (Å²) < 4.78 is 0. The van der Waals surface area contributed by atoms with Gasteiger partial charge in [0.05, 0.1) is 6.10 Å². The molecular weight excluding hydrogens is 160 g/mol. The van der Waals surface area contributed by atoms with Gasteiger partial charge in [-0.2, -0.15) is 0 Å². The summed E-state index contributed by atoms with van der Waals surface area (Å²) in [7, 11) is 0. The fourth-order valence-electron chi connectivity index (χ4n) is 3.45. The third-order valence-electron chi connectivity index (χ3n) is 4.59. The van der Waals surface area contributed by atoms with Gasteiger partial charge in [-0.25, -0.2) is 0 Å². The molecule has 2 bridgehead atoms. The van der Waals surface area contributed by atoms with Gasteiger partial charge in [0.2, 0.25) is 0 Å². The lowest BCUT2D eigenvalue weighted by Gasteiger charge is -2.60. The molecule has 3 fully saturated rings. The highest BCUT2D eigenvalue weighted by molar-refractivity contribution is 5.06. The van der Waals surface area contributed by atoms with Gasteiger partial charge in [-0.15, -0.1) is 6.58 Å². The second-order valence-electron chi connectivity index (χ2n) is 5.33. The predicted octanol–water partition coefficient (Wildman–Crippen LogP) is 2.61. The van der Waals surface area contributed by atoms with Crippen LogP contribution in [0.2, 0.25) is 0 Å². The van der Waals surface area contributed by atoms with Crippen molar-refractivity contribution in [2.24, 2.45) is 23.2 Å². The molecule has 0 amide bonds. The van der Waals surface area contributed by atoms with Crippen LogP contribution in [-0.4, -0.2) is 11.2 Å². The van der Waals surface area contributed by atoms with Crippen LogP contribution in [0.15, 0.2) is 12.7 Å². The molecule has 0 spiro atoms. The lowest BCUT2D eigenvalue weighted by Crippen LogP contribution is -2.54. The van der Waals surface area contributed by atoms with Gasteiger partial charge in [-0.3, -0.25) is 0 Å². The van der Waals surface area contributed by atoms with Gasteiger partial charge >= 0.3 is 0 Å². The SMILES string of the molecule is C=CC(O)C1CCC2CC1C2(C)C. The summed E-state index contributed by atoms with van der Waals surface area (Å²) in [5.41, 5.74) is 0.479. The van der Waals surface area contributed by atoms with Crippen LogP contribution in [0.25, 0.3) is 0 Å². The van der Waals surface area contributed by atoms with Gasteiger partial charge in [0.25, 0.3) is 0 Å². The molecule has 4 unspecified atom stereocenters. The van der Waals surface area contributed by atoms with E-state index in [2.05, 4.69) is 20.4 Å². The average Bonchev–Trinajstić information content (AvgIpc) is 2.16. The summed E-state index contributed by atoms with van der Waals surface area (Å²) in [4.78, 5) is 0. The van der Waals surface area contributed by atoms with Crippen molar-refractivity contribution < 1.29 is 5.11 Å². The molecule has 0 aromatic rings. The van der Waals surface area contributed by atoms with E-state index in [4.69, 9.17) is 0 Å². The van der Waals surface area contributed by atoms with Crippen LogP contribution in [0.3, 0.4) is 0 Å². The van der Waals surface area contributed by atoms with Crippen LogP contribution in [0.1, 0.15) is 33.1 Å². The number of rotatable bonds is 2. The van der Waals surface area contributed by atoms with Crippen LogP contribution in [0.4, 0.5) is 0 Å². The van der Waals surface area contributed by atoms with E-state index in [9.17, 15) is 5.11 Å². The minimum absolute atomic E-state index is 0.273. The van der Waals surface area contributed by atoms with Crippen LogP contribution in [0, 0.1) is 23.2 Å². The van der Waals surface area contributed by atoms with Gasteiger partial charge in [0.15, 0.2) is 0 Å². The molecule has 0 aromatic carbocycles. The van der Waals surface area contributed by atoms with E-state index in [-0.39, 0.29) is 6.10 Å². The largest absolute Gasteiger partial charge is 0.389 e.